The van der Waals surface area contributed by atoms with Gasteiger partial charge < -0.3 is 10.6 Å². The maximum atomic E-state index is 11.6. The number of carbonyl (C=O) groups is 1. The molecule has 0 aliphatic rings. The van der Waals surface area contributed by atoms with E-state index < -0.39 is 0 Å². The molecule has 0 saturated carbocycles. The molecule has 0 atom stereocenters. The molecule has 2 aromatic rings. The van der Waals surface area contributed by atoms with Crippen LogP contribution in [0.2, 0.25) is 0 Å². The molecule has 1 heterocycles. The number of nitrogens with zero attached hydrogens (tertiary/aromatic N) is 3. The average molecular weight is 273 g/mol. The first-order valence-electron chi connectivity index (χ1n) is 6.54. The summed E-state index contributed by atoms with van der Waals surface area (Å²) in [6.07, 6.45) is 1.87. The lowest BCUT2D eigenvalue weighted by atomic mass is 10.2. The van der Waals surface area contributed by atoms with Gasteiger partial charge in [-0.3, -0.25) is 9.48 Å². The van der Waals surface area contributed by atoms with Crippen molar-refractivity contribution in [1.29, 1.82) is 0 Å². The van der Waals surface area contributed by atoms with Crippen LogP contribution < -0.4 is 10.6 Å². The quantitative estimate of drug-likeness (QED) is 0.874. The standard InChI is InChI=1S/C14H19N5O/c1-10(2)14(20)16-12-6-4-11(5-7-12)15-8-13-9-19(3)18-17-13/h4-7,9-10,15H,8H2,1-3H3,(H,16,20). The first-order chi connectivity index (χ1) is 9.54. The van der Waals surface area contributed by atoms with E-state index in [-0.39, 0.29) is 11.8 Å². The normalized spacial score (nSPS) is 10.6. The third-order valence-electron chi connectivity index (χ3n) is 2.80. The summed E-state index contributed by atoms with van der Waals surface area (Å²) in [5.74, 6) is -0.00488. The lowest BCUT2D eigenvalue weighted by molar-refractivity contribution is -0.118. The summed E-state index contributed by atoms with van der Waals surface area (Å²) >= 11 is 0. The zero-order valence-corrected chi connectivity index (χ0v) is 11.9. The van der Waals surface area contributed by atoms with Crippen molar-refractivity contribution in [2.45, 2.75) is 20.4 Å². The molecule has 2 N–H and O–H groups in total. The fourth-order valence-electron chi connectivity index (χ4n) is 1.63. The molecule has 6 nitrogen and oxygen atoms in total. The number of rotatable bonds is 5. The molecule has 0 saturated heterocycles. The van der Waals surface area contributed by atoms with E-state index in [4.69, 9.17) is 0 Å². The van der Waals surface area contributed by atoms with E-state index in [0.29, 0.717) is 6.54 Å². The van der Waals surface area contributed by atoms with Crippen LogP contribution in [0.3, 0.4) is 0 Å². The smallest absolute Gasteiger partial charge is 0.226 e. The highest BCUT2D eigenvalue weighted by Crippen LogP contribution is 2.15. The van der Waals surface area contributed by atoms with Crippen molar-refractivity contribution in [3.63, 3.8) is 0 Å². The summed E-state index contributed by atoms with van der Waals surface area (Å²) < 4.78 is 1.67. The molecule has 6 heteroatoms. The summed E-state index contributed by atoms with van der Waals surface area (Å²) in [6, 6.07) is 7.59. The van der Waals surface area contributed by atoms with Gasteiger partial charge in [0.25, 0.3) is 0 Å². The van der Waals surface area contributed by atoms with Crippen molar-refractivity contribution in [2.75, 3.05) is 10.6 Å². The first-order valence-corrected chi connectivity index (χ1v) is 6.54. The number of benzene rings is 1. The number of nitrogens with one attached hydrogen (secondary N) is 2. The predicted molar refractivity (Wildman–Crippen MR) is 78.2 cm³/mol. The second-order valence-electron chi connectivity index (χ2n) is 4.96. The van der Waals surface area contributed by atoms with Crippen molar-refractivity contribution < 1.29 is 4.79 Å². The Balaban J connectivity index is 1.89. The second-order valence-corrected chi connectivity index (χ2v) is 4.96. The number of hydrogen-bond acceptors (Lipinski definition) is 4. The number of hydrogen-bond donors (Lipinski definition) is 2. The van der Waals surface area contributed by atoms with Crippen LogP contribution in [-0.2, 0) is 18.4 Å². The van der Waals surface area contributed by atoms with Crippen molar-refractivity contribution in [3.8, 4) is 0 Å². The third kappa shape index (κ3) is 3.81. The topological polar surface area (TPSA) is 71.8 Å². The van der Waals surface area contributed by atoms with E-state index in [1.54, 1.807) is 4.68 Å². The average Bonchev–Trinajstić information content (AvgIpc) is 2.83. The van der Waals surface area contributed by atoms with Crippen molar-refractivity contribution in [3.05, 3.63) is 36.2 Å². The molecule has 0 fully saturated rings. The largest absolute Gasteiger partial charge is 0.379 e. The molecule has 0 aliphatic carbocycles. The van der Waals surface area contributed by atoms with Crippen LogP contribution in [0.4, 0.5) is 11.4 Å². The van der Waals surface area contributed by atoms with Crippen LogP contribution in [-0.4, -0.2) is 20.9 Å². The van der Waals surface area contributed by atoms with Crippen molar-refractivity contribution >= 4 is 17.3 Å². The van der Waals surface area contributed by atoms with Gasteiger partial charge in [0, 0.05) is 30.5 Å². The molecule has 0 radical (unpaired) electrons. The van der Waals surface area contributed by atoms with E-state index in [2.05, 4.69) is 20.9 Å². The Labute approximate surface area is 118 Å². The minimum absolute atomic E-state index is 0.0188. The van der Waals surface area contributed by atoms with Crippen molar-refractivity contribution in [2.24, 2.45) is 13.0 Å². The molecule has 20 heavy (non-hydrogen) atoms. The molecule has 1 aromatic heterocycles. The van der Waals surface area contributed by atoms with Gasteiger partial charge in [-0.25, -0.2) is 0 Å². The summed E-state index contributed by atoms with van der Waals surface area (Å²) in [7, 11) is 1.84. The molecule has 106 valence electrons. The van der Waals surface area contributed by atoms with E-state index in [1.165, 1.54) is 0 Å². The Kier molecular flexibility index (Phi) is 4.34. The van der Waals surface area contributed by atoms with Crippen LogP contribution in [0.5, 0.6) is 0 Å². The SMILES string of the molecule is CC(C)C(=O)Nc1ccc(NCc2cn(C)nn2)cc1. The number of anilines is 2. The Morgan fingerprint density at radius 2 is 1.90 bits per heavy atom. The molecule has 0 aliphatic heterocycles. The van der Waals surface area contributed by atoms with Crippen LogP contribution in [0.25, 0.3) is 0 Å². The lowest BCUT2D eigenvalue weighted by Gasteiger charge is -2.09. The molecule has 0 spiro atoms. The highest BCUT2D eigenvalue weighted by Gasteiger charge is 2.06. The van der Waals surface area contributed by atoms with Gasteiger partial charge in [0.2, 0.25) is 5.91 Å². The molecule has 1 aromatic carbocycles. The number of carbonyl (C=O) groups excluding carboxylic acids is 1. The zero-order valence-electron chi connectivity index (χ0n) is 11.9. The van der Waals surface area contributed by atoms with Crippen LogP contribution >= 0.6 is 0 Å². The maximum absolute atomic E-state index is 11.6. The minimum Gasteiger partial charge on any atom is -0.379 e. The monoisotopic (exact) mass is 273 g/mol. The van der Waals surface area contributed by atoms with Gasteiger partial charge in [0.1, 0.15) is 5.69 Å². The molecule has 2 rings (SSSR count). The highest BCUT2D eigenvalue weighted by atomic mass is 16.1. The summed E-state index contributed by atoms with van der Waals surface area (Å²) in [4.78, 5) is 11.6. The Hall–Kier alpha value is -2.37. The first kappa shape index (κ1) is 14.0. The van der Waals surface area contributed by atoms with Gasteiger partial charge in [-0.2, -0.15) is 0 Å². The number of aryl methyl sites for hydroxylation is 1. The molecule has 0 bridgehead atoms. The summed E-state index contributed by atoms with van der Waals surface area (Å²) in [6.45, 7) is 4.35. The maximum Gasteiger partial charge on any atom is 0.226 e. The van der Waals surface area contributed by atoms with Gasteiger partial charge in [0.05, 0.1) is 6.54 Å². The van der Waals surface area contributed by atoms with E-state index in [1.807, 2.05) is 51.4 Å². The van der Waals surface area contributed by atoms with Gasteiger partial charge in [-0.1, -0.05) is 19.1 Å². The number of amides is 1. The van der Waals surface area contributed by atoms with Crippen LogP contribution in [0.1, 0.15) is 19.5 Å². The molecule has 0 unspecified atom stereocenters. The van der Waals surface area contributed by atoms with Crippen LogP contribution in [0.15, 0.2) is 30.5 Å². The van der Waals surface area contributed by atoms with Gasteiger partial charge in [0.15, 0.2) is 0 Å². The van der Waals surface area contributed by atoms with E-state index >= 15 is 0 Å². The lowest BCUT2D eigenvalue weighted by Crippen LogP contribution is -2.17. The molecular formula is C14H19N5O. The zero-order chi connectivity index (χ0) is 14.5. The Morgan fingerprint density at radius 1 is 1.25 bits per heavy atom. The molecule has 1 amide bonds. The minimum atomic E-state index is -0.0237. The fraction of sp³-hybridized carbons (Fsp3) is 0.357. The predicted octanol–water partition coefficient (Wildman–Crippen LogP) is 2.02. The van der Waals surface area contributed by atoms with Crippen LogP contribution in [0, 0.1) is 5.92 Å². The van der Waals surface area contributed by atoms with Gasteiger partial charge in [-0.05, 0) is 24.3 Å². The van der Waals surface area contributed by atoms with E-state index in [0.717, 1.165) is 17.1 Å². The summed E-state index contributed by atoms with van der Waals surface area (Å²) in [5.41, 5.74) is 2.65. The Morgan fingerprint density at radius 3 is 2.45 bits per heavy atom. The summed E-state index contributed by atoms with van der Waals surface area (Å²) in [5, 5.41) is 14.0. The third-order valence-corrected chi connectivity index (χ3v) is 2.80. The molecular weight excluding hydrogens is 254 g/mol. The van der Waals surface area contributed by atoms with Gasteiger partial charge in [-0.15, -0.1) is 5.10 Å². The fourth-order valence-corrected chi connectivity index (χ4v) is 1.63. The highest BCUT2D eigenvalue weighted by molar-refractivity contribution is 5.92. The van der Waals surface area contributed by atoms with Gasteiger partial charge >= 0.3 is 0 Å². The second kappa shape index (κ2) is 6.18. The Bertz CT molecular complexity index is 574. The number of aromatic nitrogens is 3. The van der Waals surface area contributed by atoms with Crippen molar-refractivity contribution in [1.82, 2.24) is 15.0 Å². The van der Waals surface area contributed by atoms with E-state index in [9.17, 15) is 4.79 Å².